The lowest BCUT2D eigenvalue weighted by molar-refractivity contribution is 0.707. The van der Waals surface area contributed by atoms with Crippen molar-refractivity contribution in [3.63, 3.8) is 0 Å². The molecule has 0 amide bonds. The third-order valence-electron chi connectivity index (χ3n) is 3.68. The van der Waals surface area contributed by atoms with Crippen molar-refractivity contribution in [3.8, 4) is 6.07 Å². The summed E-state index contributed by atoms with van der Waals surface area (Å²) in [7, 11) is 1.99. The maximum absolute atomic E-state index is 8.81. The predicted octanol–water partition coefficient (Wildman–Crippen LogP) is 2.83. The third-order valence-corrected chi connectivity index (χ3v) is 3.68. The van der Waals surface area contributed by atoms with Crippen LogP contribution in [-0.2, 0) is 13.1 Å². The molecule has 3 aromatic rings. The summed E-state index contributed by atoms with van der Waals surface area (Å²) in [4.78, 5) is 10.6. The lowest BCUT2D eigenvalue weighted by atomic mass is 10.2. The summed E-state index contributed by atoms with van der Waals surface area (Å²) in [6.07, 6.45) is 5.53. The number of anilines is 1. The summed E-state index contributed by atoms with van der Waals surface area (Å²) in [5.41, 5.74) is 2.63. The topological polar surface area (TPSA) is 57.7 Å². The Labute approximate surface area is 135 Å². The van der Waals surface area contributed by atoms with Crippen LogP contribution in [0.15, 0.2) is 61.1 Å². The van der Waals surface area contributed by atoms with Crippen molar-refractivity contribution >= 4 is 5.69 Å². The molecule has 0 unspecified atom stereocenters. The monoisotopic (exact) mass is 303 g/mol. The Morgan fingerprint density at radius 3 is 2.65 bits per heavy atom. The van der Waals surface area contributed by atoms with Crippen molar-refractivity contribution < 1.29 is 0 Å². The fourth-order valence-electron chi connectivity index (χ4n) is 2.40. The molecule has 0 saturated carbocycles. The van der Waals surface area contributed by atoms with Crippen molar-refractivity contribution in [2.24, 2.45) is 0 Å². The SMILES string of the molecule is CN(Cc1nccn1Cc1ccccc1)c1ccc(C#N)nc1. The van der Waals surface area contributed by atoms with Crippen molar-refractivity contribution in [3.05, 3.63) is 78.1 Å². The molecule has 0 radical (unpaired) electrons. The molecule has 0 atom stereocenters. The first-order valence-electron chi connectivity index (χ1n) is 7.37. The van der Waals surface area contributed by atoms with Crippen LogP contribution in [-0.4, -0.2) is 21.6 Å². The molecule has 5 heteroatoms. The highest BCUT2D eigenvalue weighted by molar-refractivity contribution is 5.45. The molecule has 0 spiro atoms. The first-order chi connectivity index (χ1) is 11.3. The van der Waals surface area contributed by atoms with Gasteiger partial charge in [0, 0.05) is 26.0 Å². The fraction of sp³-hybridized carbons (Fsp3) is 0.167. The minimum atomic E-state index is 0.424. The summed E-state index contributed by atoms with van der Waals surface area (Å²) in [6.45, 7) is 1.48. The number of nitriles is 1. The van der Waals surface area contributed by atoms with Crippen molar-refractivity contribution in [1.82, 2.24) is 14.5 Å². The summed E-state index contributed by atoms with van der Waals surface area (Å²) < 4.78 is 2.14. The molecule has 0 aliphatic rings. The second-order valence-corrected chi connectivity index (χ2v) is 5.33. The Morgan fingerprint density at radius 1 is 1.13 bits per heavy atom. The van der Waals surface area contributed by atoms with Gasteiger partial charge in [-0.2, -0.15) is 5.26 Å². The van der Waals surface area contributed by atoms with Crippen LogP contribution >= 0.6 is 0 Å². The van der Waals surface area contributed by atoms with Gasteiger partial charge in [0.05, 0.1) is 18.4 Å². The summed E-state index contributed by atoms with van der Waals surface area (Å²) in [5.74, 6) is 0.987. The van der Waals surface area contributed by atoms with E-state index in [0.717, 1.165) is 18.1 Å². The normalized spacial score (nSPS) is 10.3. The summed E-state index contributed by atoms with van der Waals surface area (Å²) >= 11 is 0. The van der Waals surface area contributed by atoms with E-state index in [1.54, 1.807) is 12.3 Å². The van der Waals surface area contributed by atoms with Gasteiger partial charge in [-0.25, -0.2) is 9.97 Å². The number of benzene rings is 1. The highest BCUT2D eigenvalue weighted by atomic mass is 15.2. The molecule has 0 aliphatic carbocycles. The minimum absolute atomic E-state index is 0.424. The molecule has 23 heavy (non-hydrogen) atoms. The molecule has 0 fully saturated rings. The van der Waals surface area contributed by atoms with Gasteiger partial charge in [-0.15, -0.1) is 0 Å². The zero-order chi connectivity index (χ0) is 16.1. The van der Waals surface area contributed by atoms with E-state index in [-0.39, 0.29) is 0 Å². The van der Waals surface area contributed by atoms with Gasteiger partial charge in [0.15, 0.2) is 0 Å². The standard InChI is InChI=1S/C18H17N5/c1-22(17-8-7-16(11-19)21-12-17)14-18-20-9-10-23(18)13-15-5-3-2-4-6-15/h2-10,12H,13-14H2,1H3. The summed E-state index contributed by atoms with van der Waals surface area (Å²) in [6, 6.07) is 16.0. The first kappa shape index (κ1) is 14.8. The van der Waals surface area contributed by atoms with E-state index < -0.39 is 0 Å². The van der Waals surface area contributed by atoms with Gasteiger partial charge in [-0.1, -0.05) is 30.3 Å². The quantitative estimate of drug-likeness (QED) is 0.727. The highest BCUT2D eigenvalue weighted by Crippen LogP contribution is 2.14. The molecule has 5 nitrogen and oxygen atoms in total. The number of hydrogen-bond acceptors (Lipinski definition) is 4. The van der Waals surface area contributed by atoms with Crippen LogP contribution in [0.1, 0.15) is 17.1 Å². The Bertz CT molecular complexity index is 799. The van der Waals surface area contributed by atoms with Crippen LogP contribution in [0, 0.1) is 11.3 Å². The van der Waals surface area contributed by atoms with Crippen molar-refractivity contribution in [2.45, 2.75) is 13.1 Å². The average Bonchev–Trinajstić information content (AvgIpc) is 3.02. The van der Waals surface area contributed by atoms with Crippen LogP contribution in [0.25, 0.3) is 0 Å². The van der Waals surface area contributed by atoms with Gasteiger partial charge >= 0.3 is 0 Å². The van der Waals surface area contributed by atoms with E-state index in [0.29, 0.717) is 12.2 Å². The molecule has 0 saturated heterocycles. The third kappa shape index (κ3) is 3.55. The van der Waals surface area contributed by atoms with Gasteiger partial charge < -0.3 is 9.47 Å². The van der Waals surface area contributed by atoms with E-state index in [1.165, 1.54) is 5.56 Å². The van der Waals surface area contributed by atoms with Crippen LogP contribution < -0.4 is 4.90 Å². The first-order valence-corrected chi connectivity index (χ1v) is 7.37. The molecule has 2 heterocycles. The van der Waals surface area contributed by atoms with Crippen LogP contribution in [0.5, 0.6) is 0 Å². The van der Waals surface area contributed by atoms with Crippen LogP contribution in [0.3, 0.4) is 0 Å². The van der Waals surface area contributed by atoms with Gasteiger partial charge in [-0.05, 0) is 17.7 Å². The van der Waals surface area contributed by atoms with Crippen molar-refractivity contribution in [2.75, 3.05) is 11.9 Å². The Hall–Kier alpha value is -3.13. The zero-order valence-corrected chi connectivity index (χ0v) is 12.9. The molecule has 3 rings (SSSR count). The van der Waals surface area contributed by atoms with Crippen LogP contribution in [0.4, 0.5) is 5.69 Å². The Kier molecular flexibility index (Phi) is 4.34. The van der Waals surface area contributed by atoms with E-state index in [4.69, 9.17) is 5.26 Å². The number of rotatable bonds is 5. The number of pyridine rings is 1. The van der Waals surface area contributed by atoms with Gasteiger partial charge in [-0.3, -0.25) is 0 Å². The second-order valence-electron chi connectivity index (χ2n) is 5.33. The Balaban J connectivity index is 1.73. The maximum atomic E-state index is 8.81. The van der Waals surface area contributed by atoms with E-state index in [9.17, 15) is 0 Å². The summed E-state index contributed by atoms with van der Waals surface area (Å²) in [5, 5.41) is 8.81. The van der Waals surface area contributed by atoms with Gasteiger partial charge in [0.2, 0.25) is 0 Å². The predicted molar refractivity (Wildman–Crippen MR) is 88.8 cm³/mol. The number of hydrogen-bond donors (Lipinski definition) is 0. The molecule has 2 aromatic heterocycles. The van der Waals surface area contributed by atoms with Gasteiger partial charge in [0.25, 0.3) is 0 Å². The largest absolute Gasteiger partial charge is 0.366 e. The maximum Gasteiger partial charge on any atom is 0.140 e. The zero-order valence-electron chi connectivity index (χ0n) is 12.9. The lowest BCUT2D eigenvalue weighted by Crippen LogP contribution is -2.20. The van der Waals surface area contributed by atoms with E-state index in [1.807, 2.05) is 49.8 Å². The molecule has 1 aromatic carbocycles. The highest BCUT2D eigenvalue weighted by Gasteiger charge is 2.08. The molecule has 114 valence electrons. The minimum Gasteiger partial charge on any atom is -0.366 e. The number of imidazole rings is 1. The molecule has 0 bridgehead atoms. The second kappa shape index (κ2) is 6.75. The molecule has 0 aliphatic heterocycles. The Morgan fingerprint density at radius 2 is 1.96 bits per heavy atom. The molecular weight excluding hydrogens is 286 g/mol. The van der Waals surface area contributed by atoms with Crippen LogP contribution in [0.2, 0.25) is 0 Å². The van der Waals surface area contributed by atoms with E-state index >= 15 is 0 Å². The van der Waals surface area contributed by atoms with E-state index in [2.05, 4.69) is 31.6 Å². The molecule has 0 N–H and O–H groups in total. The lowest BCUT2D eigenvalue weighted by Gasteiger charge is -2.19. The average molecular weight is 303 g/mol. The molecular formula is C18H17N5. The number of nitrogens with zero attached hydrogens (tertiary/aromatic N) is 5. The fourth-order valence-corrected chi connectivity index (χ4v) is 2.40. The smallest absolute Gasteiger partial charge is 0.140 e. The van der Waals surface area contributed by atoms with Gasteiger partial charge in [0.1, 0.15) is 17.6 Å². The number of aromatic nitrogens is 3. The van der Waals surface area contributed by atoms with Crippen molar-refractivity contribution in [1.29, 1.82) is 5.26 Å².